The monoisotopic (exact) mass is 342 g/mol. The number of halogens is 1. The molecular formula is C14H19ClN4O2S. The lowest BCUT2D eigenvalue weighted by Gasteiger charge is -2.15. The summed E-state index contributed by atoms with van der Waals surface area (Å²) in [6, 6.07) is 5.56. The first kappa shape index (κ1) is 16.9. The number of sulfonamides is 1. The molecule has 0 amide bonds. The van der Waals surface area contributed by atoms with E-state index in [1.54, 1.807) is 19.1 Å². The average Bonchev–Trinajstić information content (AvgIpc) is 2.90. The van der Waals surface area contributed by atoms with Gasteiger partial charge in [-0.25, -0.2) is 13.1 Å². The first-order valence-electron chi connectivity index (χ1n) is 7.09. The molecule has 120 valence electrons. The van der Waals surface area contributed by atoms with Crippen molar-refractivity contribution in [2.75, 3.05) is 0 Å². The lowest BCUT2D eigenvalue weighted by Crippen LogP contribution is -2.29. The highest BCUT2D eigenvalue weighted by Crippen LogP contribution is 2.18. The van der Waals surface area contributed by atoms with Gasteiger partial charge in [0.25, 0.3) is 0 Å². The third-order valence-corrected chi connectivity index (χ3v) is 5.14. The molecule has 2 aromatic rings. The maximum atomic E-state index is 12.4. The summed E-state index contributed by atoms with van der Waals surface area (Å²) in [5.41, 5.74) is 0. The lowest BCUT2D eigenvalue weighted by molar-refractivity contribution is 0.543. The van der Waals surface area contributed by atoms with Gasteiger partial charge in [0.1, 0.15) is 5.82 Å². The summed E-state index contributed by atoms with van der Waals surface area (Å²) in [4.78, 5) is 0.169. The number of hydrogen-bond acceptors (Lipinski definition) is 4. The molecule has 0 aliphatic heterocycles. The van der Waals surface area contributed by atoms with Crippen molar-refractivity contribution in [3.05, 3.63) is 40.9 Å². The van der Waals surface area contributed by atoms with E-state index in [4.69, 9.17) is 11.6 Å². The summed E-state index contributed by atoms with van der Waals surface area (Å²) in [5, 5.41) is 8.71. The Balaban J connectivity index is 2.26. The number of rotatable bonds is 6. The minimum Gasteiger partial charge on any atom is -0.314 e. The zero-order valence-corrected chi connectivity index (χ0v) is 14.3. The Morgan fingerprint density at radius 2 is 1.86 bits per heavy atom. The van der Waals surface area contributed by atoms with Gasteiger partial charge in [-0.1, -0.05) is 18.5 Å². The average molecular weight is 343 g/mol. The Bertz CT molecular complexity index is 741. The number of aromatic nitrogens is 3. The molecule has 22 heavy (non-hydrogen) atoms. The van der Waals surface area contributed by atoms with Crippen LogP contribution in [0.4, 0.5) is 0 Å². The number of aryl methyl sites for hydroxylation is 1. The molecule has 1 aromatic heterocycles. The molecule has 2 rings (SSSR count). The Kier molecular flexibility index (Phi) is 5.20. The van der Waals surface area contributed by atoms with Gasteiger partial charge in [-0.3, -0.25) is 0 Å². The molecule has 0 saturated heterocycles. The molecule has 0 aliphatic rings. The molecule has 1 heterocycles. The van der Waals surface area contributed by atoms with Crippen molar-refractivity contribution in [3.8, 4) is 0 Å². The molecular weight excluding hydrogens is 324 g/mol. The fourth-order valence-electron chi connectivity index (χ4n) is 2.24. The van der Waals surface area contributed by atoms with Crippen LogP contribution in [0.25, 0.3) is 0 Å². The van der Waals surface area contributed by atoms with Crippen LogP contribution in [0, 0.1) is 0 Å². The molecule has 1 atom stereocenters. The van der Waals surface area contributed by atoms with Crippen LogP contribution in [-0.4, -0.2) is 23.2 Å². The van der Waals surface area contributed by atoms with Crippen LogP contribution < -0.4 is 4.72 Å². The van der Waals surface area contributed by atoms with E-state index >= 15 is 0 Å². The van der Waals surface area contributed by atoms with E-state index in [0.717, 1.165) is 12.2 Å². The predicted octanol–water partition coefficient (Wildman–Crippen LogP) is 2.55. The summed E-state index contributed by atoms with van der Waals surface area (Å²) in [6.07, 6.45) is 0.748. The van der Waals surface area contributed by atoms with Crippen molar-refractivity contribution in [3.63, 3.8) is 0 Å². The zero-order valence-electron chi connectivity index (χ0n) is 12.7. The summed E-state index contributed by atoms with van der Waals surface area (Å²) >= 11 is 5.78. The van der Waals surface area contributed by atoms with E-state index in [0.29, 0.717) is 17.4 Å². The van der Waals surface area contributed by atoms with Crippen LogP contribution in [-0.2, 0) is 23.0 Å². The van der Waals surface area contributed by atoms with Gasteiger partial charge in [-0.2, -0.15) is 0 Å². The van der Waals surface area contributed by atoms with Gasteiger partial charge in [0.2, 0.25) is 10.0 Å². The van der Waals surface area contributed by atoms with Crippen LogP contribution in [0.3, 0.4) is 0 Å². The Hall–Kier alpha value is -1.44. The molecule has 6 nitrogen and oxygen atoms in total. The van der Waals surface area contributed by atoms with E-state index in [1.807, 2.05) is 18.4 Å². The minimum absolute atomic E-state index is 0.169. The molecule has 0 fully saturated rings. The second-order valence-corrected chi connectivity index (χ2v) is 7.02. The van der Waals surface area contributed by atoms with E-state index in [9.17, 15) is 8.42 Å². The van der Waals surface area contributed by atoms with Gasteiger partial charge in [-0.15, -0.1) is 10.2 Å². The van der Waals surface area contributed by atoms with Gasteiger partial charge < -0.3 is 4.57 Å². The van der Waals surface area contributed by atoms with Crippen LogP contribution >= 0.6 is 11.6 Å². The van der Waals surface area contributed by atoms with Crippen molar-refractivity contribution in [1.29, 1.82) is 0 Å². The molecule has 0 unspecified atom stereocenters. The second-order valence-electron chi connectivity index (χ2n) is 4.87. The molecule has 0 aliphatic carbocycles. The van der Waals surface area contributed by atoms with Gasteiger partial charge in [0, 0.05) is 18.0 Å². The molecule has 0 radical (unpaired) electrons. The summed E-state index contributed by atoms with van der Waals surface area (Å²) < 4.78 is 29.3. The first-order chi connectivity index (χ1) is 10.4. The van der Waals surface area contributed by atoms with Crippen molar-refractivity contribution in [2.45, 2.75) is 44.7 Å². The van der Waals surface area contributed by atoms with E-state index < -0.39 is 16.1 Å². The van der Waals surface area contributed by atoms with Crippen LogP contribution in [0.2, 0.25) is 5.02 Å². The van der Waals surface area contributed by atoms with Crippen molar-refractivity contribution < 1.29 is 8.42 Å². The highest BCUT2D eigenvalue weighted by molar-refractivity contribution is 7.89. The van der Waals surface area contributed by atoms with Crippen molar-refractivity contribution in [1.82, 2.24) is 19.5 Å². The smallest absolute Gasteiger partial charge is 0.241 e. The molecule has 0 spiro atoms. The van der Waals surface area contributed by atoms with Gasteiger partial charge >= 0.3 is 0 Å². The largest absolute Gasteiger partial charge is 0.314 e. The maximum Gasteiger partial charge on any atom is 0.241 e. The van der Waals surface area contributed by atoms with E-state index in [-0.39, 0.29) is 4.90 Å². The van der Waals surface area contributed by atoms with Gasteiger partial charge in [-0.05, 0) is 38.1 Å². The zero-order chi connectivity index (χ0) is 16.3. The SMILES string of the molecule is CCc1nnc([C@@H](C)NS(=O)(=O)c2ccc(Cl)cc2)n1CC. The van der Waals surface area contributed by atoms with Crippen LogP contribution in [0.15, 0.2) is 29.2 Å². The Morgan fingerprint density at radius 1 is 1.23 bits per heavy atom. The molecule has 0 bridgehead atoms. The maximum absolute atomic E-state index is 12.4. The summed E-state index contributed by atoms with van der Waals surface area (Å²) in [5.74, 6) is 1.45. The quantitative estimate of drug-likeness (QED) is 0.875. The highest BCUT2D eigenvalue weighted by Gasteiger charge is 2.22. The lowest BCUT2D eigenvalue weighted by atomic mass is 10.3. The minimum atomic E-state index is -3.64. The first-order valence-corrected chi connectivity index (χ1v) is 8.95. The fraction of sp³-hybridized carbons (Fsp3) is 0.429. The topological polar surface area (TPSA) is 76.9 Å². The van der Waals surface area contributed by atoms with E-state index in [2.05, 4.69) is 14.9 Å². The van der Waals surface area contributed by atoms with Crippen LogP contribution in [0.5, 0.6) is 0 Å². The Labute approximate surface area is 135 Å². The predicted molar refractivity (Wildman–Crippen MR) is 85.3 cm³/mol. The molecule has 1 N–H and O–H groups in total. The van der Waals surface area contributed by atoms with Crippen LogP contribution in [0.1, 0.15) is 38.5 Å². The third-order valence-electron chi connectivity index (χ3n) is 3.33. The molecule has 1 aromatic carbocycles. The normalized spacial score (nSPS) is 13.3. The molecule has 8 heteroatoms. The fourth-order valence-corrected chi connectivity index (χ4v) is 3.57. The number of hydrogen-bond donors (Lipinski definition) is 1. The standard InChI is InChI=1S/C14H19ClN4O2S/c1-4-13-16-17-14(19(13)5-2)10(3)18-22(20,21)12-8-6-11(15)7-9-12/h6-10,18H,4-5H2,1-3H3/t10-/m1/s1. The Morgan fingerprint density at radius 3 is 2.41 bits per heavy atom. The highest BCUT2D eigenvalue weighted by atomic mass is 35.5. The second kappa shape index (κ2) is 6.76. The van der Waals surface area contributed by atoms with E-state index in [1.165, 1.54) is 12.1 Å². The summed E-state index contributed by atoms with van der Waals surface area (Å²) in [7, 11) is -3.64. The summed E-state index contributed by atoms with van der Waals surface area (Å²) in [6.45, 7) is 6.41. The van der Waals surface area contributed by atoms with Gasteiger partial charge in [0.05, 0.1) is 10.9 Å². The number of nitrogens with one attached hydrogen (secondary N) is 1. The third kappa shape index (κ3) is 3.48. The van der Waals surface area contributed by atoms with Crippen molar-refractivity contribution >= 4 is 21.6 Å². The van der Waals surface area contributed by atoms with Gasteiger partial charge in [0.15, 0.2) is 5.82 Å². The number of benzene rings is 1. The molecule has 0 saturated carbocycles. The van der Waals surface area contributed by atoms with Crippen molar-refractivity contribution in [2.24, 2.45) is 0 Å². The number of nitrogens with zero attached hydrogens (tertiary/aromatic N) is 3.